The average molecular weight is 453 g/mol. The van der Waals surface area contributed by atoms with Crippen molar-refractivity contribution >= 4 is 0 Å². The van der Waals surface area contributed by atoms with Crippen molar-refractivity contribution in [2.75, 3.05) is 6.61 Å². The summed E-state index contributed by atoms with van der Waals surface area (Å²) < 4.78 is 38.7. The summed E-state index contributed by atoms with van der Waals surface area (Å²) in [6.45, 7) is 0.719. The van der Waals surface area contributed by atoms with Crippen LogP contribution in [0.2, 0.25) is 0 Å². The number of rotatable bonds is 10. The summed E-state index contributed by atoms with van der Waals surface area (Å²) in [6.07, 6.45) is -5.83. The maximum absolute atomic E-state index is 15.6. The van der Waals surface area contributed by atoms with Crippen molar-refractivity contribution in [2.24, 2.45) is 0 Å². The van der Waals surface area contributed by atoms with E-state index in [0.29, 0.717) is 6.61 Å². The zero-order chi connectivity index (χ0) is 22.9. The molecule has 5 nitrogen and oxygen atoms in total. The highest BCUT2D eigenvalue weighted by atomic mass is 19.1. The largest absolute Gasteiger partial charge is 0.374 e. The van der Waals surface area contributed by atoms with Gasteiger partial charge in [-0.1, -0.05) is 91.0 Å². The average Bonchev–Trinajstić information content (AvgIpc) is 2.86. The molecule has 1 saturated heterocycles. The zero-order valence-corrected chi connectivity index (χ0v) is 18.3. The summed E-state index contributed by atoms with van der Waals surface area (Å²) in [6, 6.07) is 28.6. The van der Waals surface area contributed by atoms with Crippen molar-refractivity contribution in [1.29, 1.82) is 0 Å². The van der Waals surface area contributed by atoms with Crippen LogP contribution in [0, 0.1) is 0 Å². The smallest absolute Gasteiger partial charge is 0.184 e. The lowest BCUT2D eigenvalue weighted by molar-refractivity contribution is -0.298. The van der Waals surface area contributed by atoms with Gasteiger partial charge in [0.2, 0.25) is 0 Å². The van der Waals surface area contributed by atoms with Gasteiger partial charge < -0.3 is 24.1 Å². The van der Waals surface area contributed by atoms with E-state index >= 15 is 4.39 Å². The minimum atomic E-state index is -1.53. The number of hydrogen-bond acceptors (Lipinski definition) is 5. The van der Waals surface area contributed by atoms with Gasteiger partial charge in [-0.2, -0.15) is 0 Å². The van der Waals surface area contributed by atoms with E-state index < -0.39 is 30.8 Å². The number of aliphatic hydroxyl groups is 1. The fraction of sp³-hybridized carbons (Fsp3) is 0.333. The van der Waals surface area contributed by atoms with Gasteiger partial charge in [0, 0.05) is 0 Å². The van der Waals surface area contributed by atoms with Crippen LogP contribution in [0.3, 0.4) is 0 Å². The number of halogens is 1. The van der Waals surface area contributed by atoms with Crippen LogP contribution < -0.4 is 0 Å². The molecule has 0 amide bonds. The molecule has 1 aliphatic rings. The van der Waals surface area contributed by atoms with E-state index in [4.69, 9.17) is 18.9 Å². The summed E-state index contributed by atoms with van der Waals surface area (Å²) in [4.78, 5) is 0. The van der Waals surface area contributed by atoms with Crippen molar-refractivity contribution in [3.05, 3.63) is 108 Å². The highest BCUT2D eigenvalue weighted by Crippen LogP contribution is 2.29. The summed E-state index contributed by atoms with van der Waals surface area (Å²) >= 11 is 0. The molecule has 0 spiro atoms. The molecule has 0 bridgehead atoms. The van der Waals surface area contributed by atoms with Crippen LogP contribution in [-0.4, -0.2) is 42.5 Å². The molecule has 3 aromatic carbocycles. The molecule has 3 aromatic rings. The molecule has 1 heterocycles. The summed E-state index contributed by atoms with van der Waals surface area (Å²) in [5.41, 5.74) is 2.80. The van der Waals surface area contributed by atoms with Crippen LogP contribution in [0.25, 0.3) is 0 Å². The normalized spacial score (nSPS) is 25.1. The van der Waals surface area contributed by atoms with E-state index in [0.717, 1.165) is 16.7 Å². The molecule has 33 heavy (non-hydrogen) atoms. The van der Waals surface area contributed by atoms with Gasteiger partial charge in [0.1, 0.15) is 18.3 Å². The number of hydrogen-bond donors (Lipinski definition) is 1. The highest BCUT2D eigenvalue weighted by Gasteiger charge is 2.47. The Hall–Kier alpha value is -2.61. The lowest BCUT2D eigenvalue weighted by Crippen LogP contribution is -2.58. The first-order chi connectivity index (χ1) is 16.2. The summed E-state index contributed by atoms with van der Waals surface area (Å²) in [5.74, 6) is 0. The van der Waals surface area contributed by atoms with Gasteiger partial charge in [-0.05, 0) is 16.7 Å². The van der Waals surface area contributed by atoms with Gasteiger partial charge >= 0.3 is 0 Å². The SMILES string of the molecule is OC1O[C@H](COCc2ccccc2)[C@H](F)[C@H](OCc2ccccc2)[C@H]1OCc1ccccc1. The molecule has 1 unspecified atom stereocenters. The second-order valence-electron chi connectivity index (χ2n) is 8.03. The fourth-order valence-corrected chi connectivity index (χ4v) is 3.78. The fourth-order valence-electron chi connectivity index (χ4n) is 3.78. The van der Waals surface area contributed by atoms with Crippen molar-refractivity contribution in [3.8, 4) is 0 Å². The Morgan fingerprint density at radius 2 is 1.12 bits per heavy atom. The molecule has 0 aliphatic carbocycles. The third-order valence-electron chi connectivity index (χ3n) is 5.55. The van der Waals surface area contributed by atoms with Crippen molar-refractivity contribution in [1.82, 2.24) is 0 Å². The Morgan fingerprint density at radius 1 is 0.667 bits per heavy atom. The van der Waals surface area contributed by atoms with Crippen LogP contribution >= 0.6 is 0 Å². The number of aliphatic hydroxyl groups excluding tert-OH is 1. The Morgan fingerprint density at radius 3 is 1.64 bits per heavy atom. The third-order valence-corrected chi connectivity index (χ3v) is 5.55. The second kappa shape index (κ2) is 12.0. The van der Waals surface area contributed by atoms with Gasteiger partial charge in [0.05, 0.1) is 26.4 Å². The van der Waals surface area contributed by atoms with Gasteiger partial charge in [0.15, 0.2) is 12.5 Å². The molecule has 0 radical (unpaired) electrons. The van der Waals surface area contributed by atoms with E-state index in [9.17, 15) is 5.11 Å². The van der Waals surface area contributed by atoms with Crippen LogP contribution in [0.15, 0.2) is 91.0 Å². The van der Waals surface area contributed by atoms with E-state index in [1.54, 1.807) is 0 Å². The van der Waals surface area contributed by atoms with Gasteiger partial charge in [-0.15, -0.1) is 0 Å². The molecular formula is C27H29FO5. The van der Waals surface area contributed by atoms with E-state index in [1.165, 1.54) is 0 Å². The Kier molecular flexibility index (Phi) is 8.58. The molecule has 1 fully saturated rings. The lowest BCUT2D eigenvalue weighted by atomic mass is 9.99. The maximum Gasteiger partial charge on any atom is 0.184 e. The summed E-state index contributed by atoms with van der Waals surface area (Å²) in [7, 11) is 0. The molecule has 174 valence electrons. The maximum atomic E-state index is 15.6. The molecule has 4 rings (SSSR count). The minimum Gasteiger partial charge on any atom is -0.374 e. The van der Waals surface area contributed by atoms with Gasteiger partial charge in [0.25, 0.3) is 0 Å². The van der Waals surface area contributed by atoms with Crippen molar-refractivity contribution in [2.45, 2.75) is 50.6 Å². The lowest BCUT2D eigenvalue weighted by Gasteiger charge is -2.41. The quantitative estimate of drug-likeness (QED) is 0.493. The van der Waals surface area contributed by atoms with Gasteiger partial charge in [-0.3, -0.25) is 0 Å². The topological polar surface area (TPSA) is 57.2 Å². The van der Waals surface area contributed by atoms with Gasteiger partial charge in [-0.25, -0.2) is 4.39 Å². The zero-order valence-electron chi connectivity index (χ0n) is 18.3. The van der Waals surface area contributed by atoms with Crippen molar-refractivity contribution in [3.63, 3.8) is 0 Å². The van der Waals surface area contributed by atoms with E-state index in [-0.39, 0.29) is 19.8 Å². The Balaban J connectivity index is 1.41. The van der Waals surface area contributed by atoms with Crippen LogP contribution in [0.5, 0.6) is 0 Å². The molecular weight excluding hydrogens is 423 g/mol. The summed E-state index contributed by atoms with van der Waals surface area (Å²) in [5, 5.41) is 10.7. The Labute approximate surface area is 193 Å². The highest BCUT2D eigenvalue weighted by molar-refractivity contribution is 5.15. The standard InChI is InChI=1S/C27H29FO5/c28-24-23(19-30-16-20-10-4-1-5-11-20)33-27(29)26(32-18-22-14-8-3-9-15-22)25(24)31-17-21-12-6-2-7-13-21/h1-15,23-27,29H,16-19H2/t23-,24+,25+,26-,27?/m1/s1. The monoisotopic (exact) mass is 452 g/mol. The molecule has 0 saturated carbocycles. The van der Waals surface area contributed by atoms with Crippen LogP contribution in [-0.2, 0) is 38.8 Å². The molecule has 5 atom stereocenters. The molecule has 1 aliphatic heterocycles. The first-order valence-electron chi connectivity index (χ1n) is 11.1. The predicted octanol–water partition coefficient (Wildman–Crippen LogP) is 4.43. The molecule has 6 heteroatoms. The van der Waals surface area contributed by atoms with Crippen molar-refractivity contribution < 1.29 is 28.4 Å². The first-order valence-corrected chi connectivity index (χ1v) is 11.1. The first kappa shape index (κ1) is 23.5. The van der Waals surface area contributed by atoms with Crippen LogP contribution in [0.4, 0.5) is 4.39 Å². The minimum absolute atomic E-state index is 0.0102. The number of alkyl halides is 1. The predicted molar refractivity (Wildman–Crippen MR) is 122 cm³/mol. The van der Waals surface area contributed by atoms with E-state index in [1.807, 2.05) is 91.0 Å². The molecule has 0 aromatic heterocycles. The third kappa shape index (κ3) is 6.69. The molecule has 1 N–H and O–H groups in total. The van der Waals surface area contributed by atoms with E-state index in [2.05, 4.69) is 0 Å². The Bertz CT molecular complexity index is 941. The van der Waals surface area contributed by atoms with Crippen LogP contribution in [0.1, 0.15) is 16.7 Å². The second-order valence-corrected chi connectivity index (χ2v) is 8.03. The number of ether oxygens (including phenoxy) is 4. The number of benzene rings is 3.